The number of fused-ring (bicyclic) bond motifs is 1. The molecule has 1 N–H and O–H groups in total. The number of aryl methyl sites for hydroxylation is 2. The van der Waals surface area contributed by atoms with Crippen LogP contribution in [0.2, 0.25) is 0 Å². The summed E-state index contributed by atoms with van der Waals surface area (Å²) in [6.45, 7) is 13.8. The van der Waals surface area contributed by atoms with Gasteiger partial charge in [0.15, 0.2) is 5.78 Å². The molecule has 1 aromatic heterocycles. The van der Waals surface area contributed by atoms with E-state index in [-0.39, 0.29) is 38.2 Å². The summed E-state index contributed by atoms with van der Waals surface area (Å²) in [7, 11) is 0. The van der Waals surface area contributed by atoms with Crippen LogP contribution in [0.15, 0.2) is 54.4 Å². The molecule has 1 heterocycles. The van der Waals surface area contributed by atoms with Gasteiger partial charge in [-0.25, -0.2) is 0 Å². The van der Waals surface area contributed by atoms with Crippen molar-refractivity contribution in [3.05, 3.63) is 77.2 Å². The van der Waals surface area contributed by atoms with Crippen LogP contribution in [-0.4, -0.2) is 22.1 Å². The Hall–Kier alpha value is -2.50. The molecule has 1 radical (unpaired) electrons. The number of rotatable bonds is 6. The first-order valence-corrected chi connectivity index (χ1v) is 12.4. The minimum absolute atomic E-state index is 0. The monoisotopic (exact) mass is 705 g/mol. The minimum atomic E-state index is -4.61. The first kappa shape index (κ1) is 33.5. The summed E-state index contributed by atoms with van der Waals surface area (Å²) in [6, 6.07) is 16.5. The summed E-state index contributed by atoms with van der Waals surface area (Å²) in [5.74, 6) is -0.813. The Balaban J connectivity index is 0.000000387. The van der Waals surface area contributed by atoms with Crippen molar-refractivity contribution >= 4 is 16.6 Å². The molecular weight excluding hydrogens is 668 g/mol. The maximum Gasteiger partial charge on any atom is 0.401 e. The summed E-state index contributed by atoms with van der Waals surface area (Å²) in [5, 5.41) is 11.7. The number of hydrogen-bond acceptors (Lipinski definition) is 3. The smallest absolute Gasteiger partial charge is 0.401 e. The molecule has 3 aromatic rings. The molecular formula is C31H37F3IrNO2-. The van der Waals surface area contributed by atoms with Crippen LogP contribution < -0.4 is 0 Å². The molecule has 3 nitrogen and oxygen atoms in total. The second-order valence-corrected chi connectivity index (χ2v) is 10.8. The molecule has 0 aliphatic carbocycles. The second kappa shape index (κ2) is 13.5. The number of hydrogen-bond donors (Lipinski definition) is 1. The molecule has 0 saturated heterocycles. The normalized spacial score (nSPS) is 12.3. The van der Waals surface area contributed by atoms with E-state index in [0.717, 1.165) is 30.7 Å². The molecule has 7 heteroatoms. The molecule has 0 amide bonds. The number of alkyl halides is 3. The Kier molecular flexibility index (Phi) is 11.9. The number of halogens is 3. The zero-order valence-corrected chi connectivity index (χ0v) is 25.6. The van der Waals surface area contributed by atoms with Crippen LogP contribution >= 0.6 is 0 Å². The number of carbonyl (C=O) groups is 1. The van der Waals surface area contributed by atoms with E-state index >= 15 is 0 Å². The van der Waals surface area contributed by atoms with Crippen molar-refractivity contribution in [3.8, 4) is 11.3 Å². The SMILES string of the molecule is CC(C)C/C(O)=C/C(=O)C(C)(C)C(F)(F)F.Cc1[c-]c(-c2nccc3cc(C(C)C)ccc23)cc(C)c1.[Ir]. The molecule has 0 spiro atoms. The van der Waals surface area contributed by atoms with Crippen LogP contribution in [0, 0.1) is 31.2 Å². The zero-order chi connectivity index (χ0) is 28.1. The van der Waals surface area contributed by atoms with Crippen molar-refractivity contribution in [1.29, 1.82) is 0 Å². The van der Waals surface area contributed by atoms with Gasteiger partial charge in [-0.2, -0.15) is 13.2 Å². The maximum absolute atomic E-state index is 12.5. The van der Waals surface area contributed by atoms with E-state index in [1.807, 2.05) is 6.20 Å². The number of aliphatic hydroxyl groups is 1. The van der Waals surface area contributed by atoms with Gasteiger partial charge in [0, 0.05) is 38.8 Å². The third-order valence-electron chi connectivity index (χ3n) is 6.10. The Morgan fingerprint density at radius 1 is 1.05 bits per heavy atom. The van der Waals surface area contributed by atoms with Crippen LogP contribution in [0.4, 0.5) is 13.2 Å². The van der Waals surface area contributed by atoms with Crippen LogP contribution in [0.5, 0.6) is 0 Å². The molecule has 0 aliphatic rings. The number of aliphatic hydroxyl groups excluding tert-OH is 1. The Labute approximate surface area is 237 Å². The van der Waals surface area contributed by atoms with Gasteiger partial charge in [-0.05, 0) is 53.8 Å². The van der Waals surface area contributed by atoms with E-state index in [2.05, 4.69) is 75.1 Å². The van der Waals surface area contributed by atoms with Crippen molar-refractivity contribution in [2.24, 2.45) is 11.3 Å². The number of nitrogens with zero attached hydrogens (tertiary/aromatic N) is 1. The third kappa shape index (κ3) is 8.78. The van der Waals surface area contributed by atoms with Crippen LogP contribution in [0.3, 0.4) is 0 Å². The molecule has 2 aromatic carbocycles. The van der Waals surface area contributed by atoms with Gasteiger partial charge in [-0.1, -0.05) is 59.7 Å². The van der Waals surface area contributed by atoms with Gasteiger partial charge in [0.05, 0.1) is 5.76 Å². The van der Waals surface area contributed by atoms with Gasteiger partial charge in [0.25, 0.3) is 0 Å². The van der Waals surface area contributed by atoms with E-state index in [4.69, 9.17) is 0 Å². The van der Waals surface area contributed by atoms with E-state index < -0.39 is 17.4 Å². The first-order valence-electron chi connectivity index (χ1n) is 12.4. The number of carbonyl (C=O) groups excluding carboxylic acids is 1. The number of benzene rings is 2. The van der Waals surface area contributed by atoms with E-state index in [0.29, 0.717) is 12.0 Å². The number of aromatic nitrogens is 1. The predicted molar refractivity (Wildman–Crippen MR) is 145 cm³/mol. The fourth-order valence-electron chi connectivity index (χ4n) is 3.74. The van der Waals surface area contributed by atoms with E-state index in [1.165, 1.54) is 21.9 Å². The van der Waals surface area contributed by atoms with Crippen molar-refractivity contribution in [3.63, 3.8) is 0 Å². The number of ketones is 1. The van der Waals surface area contributed by atoms with Gasteiger partial charge in [0.1, 0.15) is 5.41 Å². The second-order valence-electron chi connectivity index (χ2n) is 10.8. The fraction of sp³-hybridized carbons (Fsp3) is 0.419. The average molecular weight is 705 g/mol. The molecule has 0 fully saturated rings. The molecule has 209 valence electrons. The molecule has 0 atom stereocenters. The van der Waals surface area contributed by atoms with Gasteiger partial charge in [-0.15, -0.1) is 34.9 Å². The Morgan fingerprint density at radius 2 is 1.68 bits per heavy atom. The maximum atomic E-state index is 12.5. The molecule has 0 bridgehead atoms. The number of allylic oxidation sites excluding steroid dienone is 2. The van der Waals surface area contributed by atoms with Gasteiger partial charge < -0.3 is 10.1 Å². The van der Waals surface area contributed by atoms with Gasteiger partial charge in [0.2, 0.25) is 0 Å². The molecule has 3 rings (SSSR count). The first-order chi connectivity index (χ1) is 17.0. The van der Waals surface area contributed by atoms with Crippen LogP contribution in [0.25, 0.3) is 22.0 Å². The average Bonchev–Trinajstić information content (AvgIpc) is 2.76. The van der Waals surface area contributed by atoms with E-state index in [1.54, 1.807) is 13.8 Å². The largest absolute Gasteiger partial charge is 0.512 e. The molecule has 0 unspecified atom stereocenters. The summed E-state index contributed by atoms with van der Waals surface area (Å²) in [5.41, 5.74) is 3.41. The summed E-state index contributed by atoms with van der Waals surface area (Å²) in [6.07, 6.45) is -1.85. The zero-order valence-electron chi connectivity index (χ0n) is 23.3. The summed E-state index contributed by atoms with van der Waals surface area (Å²) >= 11 is 0. The topological polar surface area (TPSA) is 50.2 Å². The van der Waals surface area contributed by atoms with Gasteiger partial charge in [-0.3, -0.25) is 4.79 Å². The Bertz CT molecular complexity index is 1260. The van der Waals surface area contributed by atoms with Crippen molar-refractivity contribution in [2.45, 2.75) is 73.9 Å². The van der Waals surface area contributed by atoms with Crippen molar-refractivity contribution < 1.29 is 43.2 Å². The van der Waals surface area contributed by atoms with Crippen LogP contribution in [-0.2, 0) is 24.9 Å². The molecule has 0 saturated carbocycles. The fourth-order valence-corrected chi connectivity index (χ4v) is 3.74. The Morgan fingerprint density at radius 3 is 2.21 bits per heavy atom. The standard InChI is InChI=1S/C20H20N.C11H17F3O2.Ir/c1-13(2)16-5-6-19-17(12-16)7-8-21-20(19)18-10-14(3)9-15(4)11-18;1-7(2)5-8(15)6-9(16)10(3,4)11(12,13)14;/h5-10,12-13H,1-4H3;6-7,15H,5H2,1-4H3;/q-1;;/b;8-6-;. The third-order valence-corrected chi connectivity index (χ3v) is 6.10. The quantitative estimate of drug-likeness (QED) is 0.158. The van der Waals surface area contributed by atoms with Crippen molar-refractivity contribution in [2.75, 3.05) is 0 Å². The molecule has 38 heavy (non-hydrogen) atoms. The van der Waals surface area contributed by atoms with Crippen LogP contribution in [0.1, 0.15) is 70.6 Å². The van der Waals surface area contributed by atoms with Crippen molar-refractivity contribution in [1.82, 2.24) is 4.98 Å². The number of pyridine rings is 1. The van der Waals surface area contributed by atoms with E-state index in [9.17, 15) is 23.1 Å². The predicted octanol–water partition coefficient (Wildman–Crippen LogP) is 9.07. The summed E-state index contributed by atoms with van der Waals surface area (Å²) < 4.78 is 37.4. The summed E-state index contributed by atoms with van der Waals surface area (Å²) in [4.78, 5) is 15.9. The minimum Gasteiger partial charge on any atom is -0.512 e. The van der Waals surface area contributed by atoms with Gasteiger partial charge >= 0.3 is 6.18 Å². The molecule has 0 aliphatic heterocycles.